The van der Waals surface area contributed by atoms with E-state index in [1.54, 1.807) is 0 Å². The maximum absolute atomic E-state index is 12.9. The lowest BCUT2D eigenvalue weighted by Crippen LogP contribution is -2.55. The number of hydrogen-bond donors (Lipinski definition) is 2. The number of piperidine rings is 1. The average Bonchev–Trinajstić information content (AvgIpc) is 3.08. The number of benzene rings is 1. The summed E-state index contributed by atoms with van der Waals surface area (Å²) in [6.45, 7) is 6.57. The van der Waals surface area contributed by atoms with E-state index in [0.29, 0.717) is 31.7 Å². The number of nitrogens with zero attached hydrogens (tertiary/aromatic N) is 1. The fraction of sp³-hybridized carbons (Fsp3) is 0.667. The third kappa shape index (κ3) is 3.72. The van der Waals surface area contributed by atoms with E-state index in [2.05, 4.69) is 37.0 Å². The van der Waals surface area contributed by atoms with E-state index in [0.717, 1.165) is 37.9 Å². The van der Waals surface area contributed by atoms with Gasteiger partial charge in [-0.3, -0.25) is 4.79 Å². The molecule has 2 N–H and O–H groups in total. The summed E-state index contributed by atoms with van der Waals surface area (Å²) in [6.07, 6.45) is 6.48. The van der Waals surface area contributed by atoms with E-state index in [4.69, 9.17) is 4.74 Å². The first-order chi connectivity index (χ1) is 15.3. The minimum Gasteiger partial charge on any atom is -0.461 e. The zero-order chi connectivity index (χ0) is 22.5. The summed E-state index contributed by atoms with van der Waals surface area (Å²) in [6, 6.07) is 10.2. The van der Waals surface area contributed by atoms with Gasteiger partial charge in [-0.25, -0.2) is 0 Å². The van der Waals surface area contributed by atoms with Crippen LogP contribution in [0.15, 0.2) is 42.0 Å². The normalized spacial score (nSPS) is 39.1. The summed E-state index contributed by atoms with van der Waals surface area (Å²) in [5, 5.41) is 22.7. The molecule has 0 spiro atoms. The van der Waals surface area contributed by atoms with E-state index in [-0.39, 0.29) is 29.3 Å². The van der Waals surface area contributed by atoms with Gasteiger partial charge in [0.05, 0.1) is 17.6 Å². The molecule has 32 heavy (non-hydrogen) atoms. The number of fused-ring (bicyclic) bond motifs is 2. The van der Waals surface area contributed by atoms with Crippen LogP contribution >= 0.6 is 0 Å². The number of hydrogen-bond acceptors (Lipinski definition) is 5. The fourth-order valence-electron chi connectivity index (χ4n) is 6.86. The van der Waals surface area contributed by atoms with Crippen molar-refractivity contribution >= 4 is 5.97 Å². The third-order valence-electron chi connectivity index (χ3n) is 9.19. The van der Waals surface area contributed by atoms with Gasteiger partial charge in [-0.15, -0.1) is 0 Å². The molecule has 1 unspecified atom stereocenters. The second-order valence-electron chi connectivity index (χ2n) is 11.0. The van der Waals surface area contributed by atoms with Crippen molar-refractivity contribution in [3.8, 4) is 0 Å². The number of esters is 1. The van der Waals surface area contributed by atoms with E-state index in [1.807, 2.05) is 18.2 Å². The van der Waals surface area contributed by atoms with Crippen molar-refractivity contribution in [1.29, 1.82) is 0 Å². The Bertz CT molecular complexity index is 875. The van der Waals surface area contributed by atoms with Crippen LogP contribution in [-0.4, -0.2) is 58.5 Å². The number of allylic oxidation sites excluding steroid dienone is 1. The van der Waals surface area contributed by atoms with Crippen LogP contribution in [0.3, 0.4) is 0 Å². The summed E-state index contributed by atoms with van der Waals surface area (Å²) in [5.74, 6) is -0.185. The Kier molecular flexibility index (Phi) is 5.71. The molecule has 5 rings (SSSR count). The molecule has 4 aliphatic rings. The van der Waals surface area contributed by atoms with Crippen molar-refractivity contribution < 1.29 is 19.7 Å². The summed E-state index contributed by atoms with van der Waals surface area (Å²) < 4.78 is 5.82. The number of ether oxygens (including phenoxy) is 1. The van der Waals surface area contributed by atoms with Gasteiger partial charge in [0, 0.05) is 43.8 Å². The second-order valence-corrected chi connectivity index (χ2v) is 11.0. The van der Waals surface area contributed by atoms with Crippen LogP contribution in [0.1, 0.15) is 51.5 Å². The highest BCUT2D eigenvalue weighted by Crippen LogP contribution is 2.56. The Morgan fingerprint density at radius 1 is 1.19 bits per heavy atom. The van der Waals surface area contributed by atoms with Crippen molar-refractivity contribution in [2.24, 2.45) is 23.2 Å². The predicted octanol–water partition coefficient (Wildman–Crippen LogP) is 3.34. The number of aliphatic hydroxyl groups excluding tert-OH is 1. The van der Waals surface area contributed by atoms with Crippen molar-refractivity contribution in [2.75, 3.05) is 19.6 Å². The molecule has 2 heterocycles. The first kappa shape index (κ1) is 22.1. The average molecular weight is 440 g/mol. The number of aliphatic hydroxyl groups is 2. The molecule has 0 aromatic heterocycles. The zero-order valence-electron chi connectivity index (χ0n) is 19.4. The predicted molar refractivity (Wildman–Crippen MR) is 123 cm³/mol. The molecular formula is C27H37NO4. The molecule has 6 atom stereocenters. The smallest absolute Gasteiger partial charge is 0.311 e. The minimum atomic E-state index is -0.689. The Morgan fingerprint density at radius 3 is 2.62 bits per heavy atom. The number of rotatable bonds is 4. The molecule has 5 nitrogen and oxygen atoms in total. The highest BCUT2D eigenvalue weighted by atomic mass is 16.6. The lowest BCUT2D eigenvalue weighted by molar-refractivity contribution is -0.145. The van der Waals surface area contributed by atoms with Gasteiger partial charge in [-0.2, -0.15) is 0 Å². The van der Waals surface area contributed by atoms with Crippen LogP contribution < -0.4 is 0 Å². The van der Waals surface area contributed by atoms with Gasteiger partial charge in [0.1, 0.15) is 6.10 Å². The van der Waals surface area contributed by atoms with Crippen LogP contribution in [0.4, 0.5) is 0 Å². The van der Waals surface area contributed by atoms with Gasteiger partial charge >= 0.3 is 5.97 Å². The molecule has 0 bridgehead atoms. The number of carbonyl (C=O) groups excluding carboxylic acids is 1. The van der Waals surface area contributed by atoms with Crippen molar-refractivity contribution in [1.82, 2.24) is 4.90 Å². The van der Waals surface area contributed by atoms with Crippen LogP contribution in [0.2, 0.25) is 0 Å². The van der Waals surface area contributed by atoms with Crippen LogP contribution in [0.25, 0.3) is 0 Å². The molecule has 5 heteroatoms. The Morgan fingerprint density at radius 2 is 1.91 bits per heavy atom. The first-order valence-electron chi connectivity index (χ1n) is 12.4. The molecule has 2 saturated heterocycles. The Balaban J connectivity index is 1.26. The van der Waals surface area contributed by atoms with Crippen LogP contribution in [0, 0.1) is 23.2 Å². The zero-order valence-corrected chi connectivity index (χ0v) is 19.4. The maximum atomic E-state index is 12.9. The second kappa shape index (κ2) is 8.27. The monoisotopic (exact) mass is 439 g/mol. The third-order valence-corrected chi connectivity index (χ3v) is 9.19. The van der Waals surface area contributed by atoms with Crippen molar-refractivity contribution in [3.05, 3.63) is 47.5 Å². The quantitative estimate of drug-likeness (QED) is 0.556. The van der Waals surface area contributed by atoms with Crippen molar-refractivity contribution in [2.45, 2.75) is 70.2 Å². The van der Waals surface area contributed by atoms with Crippen molar-refractivity contribution in [3.63, 3.8) is 0 Å². The number of carbonyl (C=O) groups is 1. The van der Waals surface area contributed by atoms with E-state index < -0.39 is 11.7 Å². The van der Waals surface area contributed by atoms with Gasteiger partial charge in [-0.1, -0.05) is 55.8 Å². The first-order valence-corrected chi connectivity index (χ1v) is 12.4. The summed E-state index contributed by atoms with van der Waals surface area (Å²) in [4.78, 5) is 15.2. The SMILES string of the molecule is C[C@H]1CCC=C2C[C@H]3OC(=O)C(CN4CCC(O)(Cc5ccccc5)CC4)[C@H]3[C@H](O)[C@@]21C. The molecule has 3 fully saturated rings. The molecule has 2 aliphatic heterocycles. The molecule has 1 saturated carbocycles. The standard InChI is InChI=1S/C27H37NO4/c1-18-7-6-10-20-15-22-23(24(29)26(18,20)2)21(25(30)32-22)17-28-13-11-27(31,12-14-28)16-19-8-4-3-5-9-19/h3-5,8-10,18,21-24,29,31H,6-7,11-17H2,1-2H3/t18-,21?,22+,23+,24-,26+/m0/s1. The van der Waals surface area contributed by atoms with Gasteiger partial charge in [0.25, 0.3) is 0 Å². The largest absolute Gasteiger partial charge is 0.461 e. The highest BCUT2D eigenvalue weighted by molar-refractivity contribution is 5.76. The number of likely N-dealkylation sites (tertiary alicyclic amines) is 1. The summed E-state index contributed by atoms with van der Waals surface area (Å²) >= 11 is 0. The maximum Gasteiger partial charge on any atom is 0.311 e. The van der Waals surface area contributed by atoms with Gasteiger partial charge in [0.2, 0.25) is 0 Å². The molecule has 2 aliphatic carbocycles. The van der Waals surface area contributed by atoms with Gasteiger partial charge in [0.15, 0.2) is 0 Å². The van der Waals surface area contributed by atoms with Gasteiger partial charge < -0.3 is 19.8 Å². The Labute approximate surface area is 191 Å². The lowest BCUT2D eigenvalue weighted by atomic mass is 9.55. The Hall–Kier alpha value is -1.69. The molecular weight excluding hydrogens is 402 g/mol. The lowest BCUT2D eigenvalue weighted by Gasteiger charge is -2.52. The molecule has 1 aromatic rings. The topological polar surface area (TPSA) is 70.0 Å². The molecule has 1 aromatic carbocycles. The summed E-state index contributed by atoms with van der Waals surface area (Å²) in [5.41, 5.74) is 1.49. The molecule has 0 radical (unpaired) electrons. The fourth-order valence-corrected chi connectivity index (χ4v) is 6.86. The van der Waals surface area contributed by atoms with E-state index in [1.165, 1.54) is 5.57 Å². The van der Waals surface area contributed by atoms with Crippen LogP contribution in [-0.2, 0) is 16.0 Å². The van der Waals surface area contributed by atoms with Gasteiger partial charge in [-0.05, 0) is 37.2 Å². The minimum absolute atomic E-state index is 0.143. The van der Waals surface area contributed by atoms with E-state index in [9.17, 15) is 15.0 Å². The van der Waals surface area contributed by atoms with Crippen LogP contribution in [0.5, 0.6) is 0 Å². The molecule has 174 valence electrons. The molecule has 0 amide bonds. The van der Waals surface area contributed by atoms with E-state index >= 15 is 0 Å². The highest BCUT2D eigenvalue weighted by Gasteiger charge is 2.59. The summed E-state index contributed by atoms with van der Waals surface area (Å²) in [7, 11) is 0.